The molecule has 2 heterocycles. The molecule has 54 heavy (non-hydrogen) atoms. The number of rotatable bonds is 24. The van der Waals surface area contributed by atoms with Gasteiger partial charge >= 0.3 is 37.3 Å². The molecule has 1 aliphatic heterocycles. The lowest BCUT2D eigenvalue weighted by Crippen LogP contribution is -2.44. The predicted molar refractivity (Wildman–Crippen MR) is 194 cm³/mol. The summed E-state index contributed by atoms with van der Waals surface area (Å²) in [6.45, 7) is 8.64. The van der Waals surface area contributed by atoms with Gasteiger partial charge in [-0.1, -0.05) is 77.6 Å². The molecule has 0 spiro atoms. The normalized spacial score (nSPS) is 18.7. The van der Waals surface area contributed by atoms with E-state index in [-0.39, 0.29) is 12.2 Å². The zero-order chi connectivity index (χ0) is 40.6. The van der Waals surface area contributed by atoms with E-state index in [1.54, 1.807) is 41.5 Å². The largest absolute Gasteiger partial charge is 0.480 e. The lowest BCUT2D eigenvalue weighted by Gasteiger charge is -2.25. The van der Waals surface area contributed by atoms with Gasteiger partial charge in [-0.2, -0.15) is 13.8 Å². The van der Waals surface area contributed by atoms with Gasteiger partial charge in [0.2, 0.25) is 19.8 Å². The molecule has 1 saturated heterocycles. The summed E-state index contributed by atoms with van der Waals surface area (Å²) in [7, 11) is -4.86. The third-order valence-corrected chi connectivity index (χ3v) is 9.68. The number of anilines is 1. The number of phosphoric ester groups is 1. The van der Waals surface area contributed by atoms with Gasteiger partial charge in [0, 0.05) is 12.6 Å². The van der Waals surface area contributed by atoms with Crippen molar-refractivity contribution in [3.63, 3.8) is 0 Å². The van der Waals surface area contributed by atoms with Gasteiger partial charge in [0.15, 0.2) is 6.10 Å². The third kappa shape index (κ3) is 16.0. The van der Waals surface area contributed by atoms with Crippen LogP contribution in [0.4, 0.5) is 14.6 Å². The Balaban J connectivity index is 2.13. The number of unbranched alkanes of at least 4 members (excludes halogenated alkanes) is 11. The number of hydrogen-bond donors (Lipinski definition) is 1. The summed E-state index contributed by atoms with van der Waals surface area (Å²) in [5, 5.41) is 0. The molecule has 0 aromatic carbocycles. The fourth-order valence-electron chi connectivity index (χ4n) is 5.16. The van der Waals surface area contributed by atoms with Crippen molar-refractivity contribution in [2.45, 2.75) is 156 Å². The number of nitrogens with zero attached hydrogens (tertiary/aromatic N) is 2. The van der Waals surface area contributed by atoms with Gasteiger partial charge in [0.25, 0.3) is 0 Å². The highest BCUT2D eigenvalue weighted by atomic mass is 31.2. The number of carbonyl (C=O) groups is 3. The van der Waals surface area contributed by atoms with E-state index in [0.717, 1.165) is 37.9 Å². The summed E-state index contributed by atoms with van der Waals surface area (Å²) in [4.78, 5) is 53.4. The van der Waals surface area contributed by atoms with Crippen molar-refractivity contribution in [1.29, 1.82) is 0 Å². The van der Waals surface area contributed by atoms with E-state index in [1.165, 1.54) is 38.5 Å². The van der Waals surface area contributed by atoms with Crippen molar-refractivity contribution < 1.29 is 60.2 Å². The molecule has 1 unspecified atom stereocenters. The van der Waals surface area contributed by atoms with Crippen LogP contribution in [-0.2, 0) is 51.5 Å². The third-order valence-electron chi connectivity index (χ3n) is 8.37. The number of nitrogens with two attached hydrogens (primary N) is 1. The number of halogens is 2. The number of alkyl halides is 2. The molecular weight excluding hydrogens is 735 g/mol. The summed E-state index contributed by atoms with van der Waals surface area (Å²) in [6, 6.07) is 1.10. The molecule has 2 rings (SSSR count). The van der Waals surface area contributed by atoms with Crippen LogP contribution in [0.1, 0.15) is 138 Å². The first-order chi connectivity index (χ1) is 25.2. The Morgan fingerprint density at radius 3 is 1.80 bits per heavy atom. The first-order valence-electron chi connectivity index (χ1n) is 18.7. The summed E-state index contributed by atoms with van der Waals surface area (Å²) in [5.74, 6) is -6.67. The van der Waals surface area contributed by atoms with Crippen LogP contribution in [0.5, 0.6) is 0 Å². The van der Waals surface area contributed by atoms with Crippen LogP contribution in [0.2, 0.25) is 0 Å². The van der Waals surface area contributed by atoms with E-state index in [2.05, 4.69) is 11.9 Å². The van der Waals surface area contributed by atoms with Crippen LogP contribution in [0.25, 0.3) is 0 Å². The first-order valence-corrected chi connectivity index (χ1v) is 20.1. The van der Waals surface area contributed by atoms with Crippen LogP contribution in [0.3, 0.4) is 0 Å². The van der Waals surface area contributed by atoms with E-state index in [1.807, 2.05) is 0 Å². The number of carbonyl (C=O) groups excluding carboxylic acids is 3. The molecule has 1 aromatic rings. The van der Waals surface area contributed by atoms with Crippen molar-refractivity contribution >= 4 is 31.5 Å². The lowest BCUT2D eigenvalue weighted by molar-refractivity contribution is -0.176. The van der Waals surface area contributed by atoms with E-state index in [9.17, 15) is 23.7 Å². The Labute approximate surface area is 316 Å². The lowest BCUT2D eigenvalue weighted by atomic mass is 9.98. The highest BCUT2D eigenvalue weighted by Crippen LogP contribution is 2.52. The Hall–Kier alpha value is -2.98. The smallest absolute Gasteiger partial charge is 0.453 e. The topological polar surface area (TPSA) is 194 Å². The van der Waals surface area contributed by atoms with Crippen molar-refractivity contribution in [3.05, 3.63) is 22.7 Å². The number of nitrogen functional groups attached to an aromatic ring is 1. The maximum atomic E-state index is 16.0. The summed E-state index contributed by atoms with van der Waals surface area (Å²) in [6.07, 6.45) is 6.93. The molecule has 0 aliphatic carbocycles. The van der Waals surface area contributed by atoms with Crippen LogP contribution in [0, 0.1) is 10.8 Å². The molecule has 18 heteroatoms. The molecular formula is C36H60F2N3O12P. The highest BCUT2D eigenvalue weighted by Gasteiger charge is 2.63. The van der Waals surface area contributed by atoms with Gasteiger partial charge in [-0.05, 0) is 54.0 Å². The second-order valence-electron chi connectivity index (χ2n) is 15.4. The average Bonchev–Trinajstić information content (AvgIpc) is 3.31. The Morgan fingerprint density at radius 1 is 0.852 bits per heavy atom. The first kappa shape index (κ1) is 47.2. The summed E-state index contributed by atoms with van der Waals surface area (Å²) >= 11 is 0. The van der Waals surface area contributed by atoms with Gasteiger partial charge in [0.1, 0.15) is 11.9 Å². The van der Waals surface area contributed by atoms with E-state index in [4.69, 9.17) is 38.3 Å². The molecule has 310 valence electrons. The zero-order valence-corrected chi connectivity index (χ0v) is 33.7. The standard InChI is InChI=1S/C36H60F2N3O12P/c1-8-9-10-11-12-13-14-15-16-17-18-19-20-28(42)53-29-26(52-30(36(29,37)38)41-22-21-27(39)40-33(41)45)23-49-54(46,50-24-47-31(43)34(2,3)4)51-25-48-32(44)35(5,6)7/h21-22,26,29-30H,8-20,23-25H2,1-7H3,(H2,39,40,45)/t26?,29-,30-/m1/s1. The molecule has 0 radical (unpaired) electrons. The van der Waals surface area contributed by atoms with Gasteiger partial charge in [0.05, 0.1) is 17.4 Å². The summed E-state index contributed by atoms with van der Waals surface area (Å²) < 4.78 is 82.4. The van der Waals surface area contributed by atoms with Gasteiger partial charge in [-0.3, -0.25) is 23.5 Å². The minimum Gasteiger partial charge on any atom is -0.453 e. The Bertz CT molecular complexity index is 1410. The van der Waals surface area contributed by atoms with Crippen LogP contribution >= 0.6 is 7.82 Å². The molecule has 1 fully saturated rings. The SMILES string of the molecule is CCCCCCCCCCCCCCC(=O)O[C@@H]1C(COP(=O)(OCOC(=O)C(C)(C)C)OCOC(=O)C(C)(C)C)O[C@@H](n2ccc(N)nc2=O)C1(F)F. The van der Waals surface area contributed by atoms with Gasteiger partial charge in [-0.15, -0.1) is 0 Å². The quantitative estimate of drug-likeness (QED) is 0.0353. The zero-order valence-electron chi connectivity index (χ0n) is 32.8. The number of aromatic nitrogens is 2. The van der Waals surface area contributed by atoms with E-state index >= 15 is 8.78 Å². The second kappa shape index (κ2) is 21.9. The van der Waals surface area contributed by atoms with Crippen molar-refractivity contribution in [3.8, 4) is 0 Å². The monoisotopic (exact) mass is 795 g/mol. The molecule has 0 bridgehead atoms. The van der Waals surface area contributed by atoms with E-state index < -0.39 is 86.8 Å². The van der Waals surface area contributed by atoms with Crippen molar-refractivity contribution in [1.82, 2.24) is 9.55 Å². The molecule has 15 nitrogen and oxygen atoms in total. The van der Waals surface area contributed by atoms with Crippen molar-refractivity contribution in [2.75, 3.05) is 25.9 Å². The maximum absolute atomic E-state index is 16.0. The number of phosphoric acid groups is 1. The van der Waals surface area contributed by atoms with Crippen LogP contribution < -0.4 is 11.4 Å². The van der Waals surface area contributed by atoms with Gasteiger partial charge in [-0.25, -0.2) is 18.4 Å². The number of ether oxygens (including phenoxy) is 4. The molecule has 1 aliphatic rings. The van der Waals surface area contributed by atoms with Gasteiger partial charge < -0.3 is 24.7 Å². The Kier molecular flexibility index (Phi) is 19.2. The molecule has 0 saturated carbocycles. The fraction of sp³-hybridized carbons (Fsp3) is 0.806. The number of esters is 3. The minimum atomic E-state index is -4.86. The molecule has 1 aromatic heterocycles. The van der Waals surface area contributed by atoms with Crippen LogP contribution in [-0.4, -0.2) is 65.8 Å². The van der Waals surface area contributed by atoms with E-state index in [0.29, 0.717) is 17.4 Å². The maximum Gasteiger partial charge on any atom is 0.480 e. The fourth-order valence-corrected chi connectivity index (χ4v) is 6.08. The molecule has 2 N–H and O–H groups in total. The predicted octanol–water partition coefficient (Wildman–Crippen LogP) is 7.61. The highest BCUT2D eigenvalue weighted by molar-refractivity contribution is 7.48. The summed E-state index contributed by atoms with van der Waals surface area (Å²) in [5.41, 5.74) is 2.44. The van der Waals surface area contributed by atoms with Crippen LogP contribution in [0.15, 0.2) is 17.1 Å². The minimum absolute atomic E-state index is 0.158. The number of hydrogen-bond acceptors (Lipinski definition) is 14. The Morgan fingerprint density at radius 2 is 1.33 bits per heavy atom. The van der Waals surface area contributed by atoms with Crippen molar-refractivity contribution in [2.24, 2.45) is 10.8 Å². The molecule has 0 amide bonds. The molecule has 3 atom stereocenters. The average molecular weight is 796 g/mol. The second-order valence-corrected chi connectivity index (χ2v) is 17.1.